The molecule has 0 aliphatic carbocycles. The maximum atomic E-state index is 11.0. The van der Waals surface area contributed by atoms with Crippen LogP contribution in [0, 0.1) is 0 Å². The van der Waals surface area contributed by atoms with Crippen LogP contribution >= 0.6 is 34.5 Å². The fourth-order valence-electron chi connectivity index (χ4n) is 4.56. The summed E-state index contributed by atoms with van der Waals surface area (Å²) in [6.45, 7) is 4.53. The molecule has 0 amide bonds. The topological polar surface area (TPSA) is 82.0 Å². The Kier molecular flexibility index (Phi) is 11.8. The van der Waals surface area contributed by atoms with E-state index in [9.17, 15) is 9.90 Å². The lowest BCUT2D eigenvalue weighted by atomic mass is 10.0. The molecular weight excluding hydrogens is 507 g/mol. The quantitative estimate of drug-likeness (QED) is 0.274. The Labute approximate surface area is 222 Å². The van der Waals surface area contributed by atoms with E-state index in [1.807, 2.05) is 29.6 Å². The number of benzene rings is 1. The second-order valence-corrected chi connectivity index (χ2v) is 10.9. The number of aliphatic carboxylic acids is 1. The minimum Gasteiger partial charge on any atom is -0.481 e. The summed E-state index contributed by atoms with van der Waals surface area (Å²) >= 11 is 13.8. The maximum absolute atomic E-state index is 11.0. The van der Waals surface area contributed by atoms with Crippen LogP contribution in [0.25, 0.3) is 0 Å². The monoisotopic (exact) mass is 542 g/mol. The molecule has 0 saturated carbocycles. The van der Waals surface area contributed by atoms with Crippen LogP contribution < -0.4 is 5.32 Å². The van der Waals surface area contributed by atoms with Crippen molar-refractivity contribution in [3.8, 4) is 0 Å². The third-order valence-electron chi connectivity index (χ3n) is 6.37. The van der Waals surface area contributed by atoms with Gasteiger partial charge in [0, 0.05) is 30.6 Å². The number of ether oxygens (including phenoxy) is 1. The number of hydrogen-bond acceptors (Lipinski definition) is 6. The van der Waals surface area contributed by atoms with Gasteiger partial charge in [-0.2, -0.15) is 0 Å². The summed E-state index contributed by atoms with van der Waals surface area (Å²) in [6, 6.07) is 8.25. The standard InChI is InChI=1S/C26H36Cl2N2O4S/c1-2-4-24(26-19(10-12-35-26)7-9-25(32)33)34-16-21(31)15-29-17-30-11-3-5-20(30)13-18-6-8-22(27)23(28)14-18/h6,8,10,12,14,20-21,24,29,31H,2-5,7,9,11,13,15-17H2,1H3,(H,32,33)/t20-,21+,24?/m0/s1. The molecule has 1 unspecified atom stereocenters. The number of aliphatic hydroxyl groups is 1. The zero-order valence-electron chi connectivity index (χ0n) is 20.2. The van der Waals surface area contributed by atoms with Gasteiger partial charge in [0.1, 0.15) is 0 Å². The number of halogens is 2. The fraction of sp³-hybridized carbons (Fsp3) is 0.577. The molecular formula is C26H36Cl2N2O4S. The summed E-state index contributed by atoms with van der Waals surface area (Å²) in [4.78, 5) is 14.5. The Hall–Kier alpha value is -1.19. The average Bonchev–Trinajstić information content (AvgIpc) is 3.47. The van der Waals surface area contributed by atoms with Gasteiger partial charge in [-0.3, -0.25) is 9.69 Å². The normalized spacial score (nSPS) is 18.1. The molecule has 0 bridgehead atoms. The molecule has 1 fully saturated rings. The first-order valence-corrected chi connectivity index (χ1v) is 14.0. The van der Waals surface area contributed by atoms with Crippen LogP contribution in [0.15, 0.2) is 29.6 Å². The smallest absolute Gasteiger partial charge is 0.303 e. The lowest BCUT2D eigenvalue weighted by molar-refractivity contribution is -0.136. The van der Waals surface area contributed by atoms with E-state index >= 15 is 0 Å². The first kappa shape index (κ1) is 28.4. The minimum absolute atomic E-state index is 0.109. The summed E-state index contributed by atoms with van der Waals surface area (Å²) < 4.78 is 6.12. The molecule has 2 heterocycles. The highest BCUT2D eigenvalue weighted by molar-refractivity contribution is 7.10. The summed E-state index contributed by atoms with van der Waals surface area (Å²) in [5.74, 6) is -0.797. The predicted molar refractivity (Wildman–Crippen MR) is 143 cm³/mol. The molecule has 0 spiro atoms. The van der Waals surface area contributed by atoms with E-state index in [1.165, 1.54) is 5.56 Å². The molecule has 1 saturated heterocycles. The maximum Gasteiger partial charge on any atom is 0.303 e. The van der Waals surface area contributed by atoms with Crippen LogP contribution in [-0.2, 0) is 22.4 Å². The van der Waals surface area contributed by atoms with Crippen molar-refractivity contribution < 1.29 is 19.7 Å². The van der Waals surface area contributed by atoms with Gasteiger partial charge in [0.15, 0.2) is 0 Å². The summed E-state index contributed by atoms with van der Waals surface area (Å²) in [5.41, 5.74) is 2.22. The molecule has 1 aromatic carbocycles. The molecule has 3 rings (SSSR count). The Morgan fingerprint density at radius 3 is 2.89 bits per heavy atom. The molecule has 6 nitrogen and oxygen atoms in total. The van der Waals surface area contributed by atoms with Gasteiger partial charge in [-0.1, -0.05) is 42.6 Å². The molecule has 3 N–H and O–H groups in total. The highest BCUT2D eigenvalue weighted by atomic mass is 35.5. The molecule has 2 aromatic rings. The van der Waals surface area contributed by atoms with Crippen LogP contribution in [0.2, 0.25) is 10.0 Å². The van der Waals surface area contributed by atoms with Gasteiger partial charge in [-0.15, -0.1) is 11.3 Å². The number of rotatable bonds is 15. The van der Waals surface area contributed by atoms with Crippen molar-refractivity contribution in [1.29, 1.82) is 0 Å². The number of carboxylic acids is 1. The third kappa shape index (κ3) is 9.01. The summed E-state index contributed by atoms with van der Waals surface area (Å²) in [7, 11) is 0. The lowest BCUT2D eigenvalue weighted by Crippen LogP contribution is -2.42. The SMILES string of the molecule is CCCC(OC[C@H](O)CNCN1CCC[C@H]1Cc1ccc(Cl)c(Cl)c1)c1sccc1CCC(=O)O. The van der Waals surface area contributed by atoms with Crippen molar-refractivity contribution in [2.45, 2.75) is 70.1 Å². The lowest BCUT2D eigenvalue weighted by Gasteiger charge is -2.26. The molecule has 1 aliphatic heterocycles. The van der Waals surface area contributed by atoms with Gasteiger partial charge in [-0.05, 0) is 73.4 Å². The van der Waals surface area contributed by atoms with E-state index in [0.717, 1.165) is 49.1 Å². The van der Waals surface area contributed by atoms with Crippen LogP contribution in [-0.4, -0.2) is 59.6 Å². The van der Waals surface area contributed by atoms with Gasteiger partial charge in [0.2, 0.25) is 0 Å². The van der Waals surface area contributed by atoms with Crippen LogP contribution in [0.3, 0.4) is 0 Å². The molecule has 9 heteroatoms. The second kappa shape index (κ2) is 14.5. The van der Waals surface area contributed by atoms with E-state index in [0.29, 0.717) is 35.7 Å². The fourth-order valence-corrected chi connectivity index (χ4v) is 5.92. The number of nitrogens with zero attached hydrogens (tertiary/aromatic N) is 1. The van der Waals surface area contributed by atoms with E-state index in [4.69, 9.17) is 33.0 Å². The molecule has 1 aliphatic rings. The van der Waals surface area contributed by atoms with Crippen LogP contribution in [0.4, 0.5) is 0 Å². The van der Waals surface area contributed by atoms with Crippen molar-refractivity contribution >= 4 is 40.5 Å². The van der Waals surface area contributed by atoms with Crippen molar-refractivity contribution in [1.82, 2.24) is 10.2 Å². The Balaban J connectivity index is 1.43. The number of carboxylic acid groups (broad SMARTS) is 1. The number of aryl methyl sites for hydroxylation is 1. The van der Waals surface area contributed by atoms with E-state index in [2.05, 4.69) is 17.1 Å². The van der Waals surface area contributed by atoms with Crippen molar-refractivity contribution in [3.05, 3.63) is 55.7 Å². The van der Waals surface area contributed by atoms with E-state index < -0.39 is 12.1 Å². The minimum atomic E-state index is -0.797. The largest absolute Gasteiger partial charge is 0.481 e. The number of thiophene rings is 1. The van der Waals surface area contributed by atoms with Crippen molar-refractivity contribution in [2.75, 3.05) is 26.4 Å². The Morgan fingerprint density at radius 1 is 1.31 bits per heavy atom. The molecule has 35 heavy (non-hydrogen) atoms. The number of hydrogen-bond donors (Lipinski definition) is 3. The van der Waals surface area contributed by atoms with Gasteiger partial charge in [0.25, 0.3) is 0 Å². The molecule has 3 atom stereocenters. The highest BCUT2D eigenvalue weighted by Crippen LogP contribution is 2.32. The first-order valence-electron chi connectivity index (χ1n) is 12.3. The van der Waals surface area contributed by atoms with Crippen LogP contribution in [0.5, 0.6) is 0 Å². The predicted octanol–water partition coefficient (Wildman–Crippen LogP) is 5.55. The second-order valence-electron chi connectivity index (χ2n) is 9.14. The summed E-state index contributed by atoms with van der Waals surface area (Å²) in [5, 5.41) is 26.1. The number of aliphatic hydroxyl groups excluding tert-OH is 1. The first-order chi connectivity index (χ1) is 16.9. The third-order valence-corrected chi connectivity index (χ3v) is 8.16. The van der Waals surface area contributed by atoms with Crippen molar-refractivity contribution in [3.63, 3.8) is 0 Å². The highest BCUT2D eigenvalue weighted by Gasteiger charge is 2.25. The number of nitrogens with one attached hydrogen (secondary N) is 1. The Morgan fingerprint density at radius 2 is 2.14 bits per heavy atom. The summed E-state index contributed by atoms with van der Waals surface area (Å²) in [6.07, 6.45) is 4.88. The average molecular weight is 544 g/mol. The molecule has 194 valence electrons. The van der Waals surface area contributed by atoms with Gasteiger partial charge >= 0.3 is 5.97 Å². The van der Waals surface area contributed by atoms with Crippen molar-refractivity contribution in [2.24, 2.45) is 0 Å². The number of likely N-dealkylation sites (tertiary alicyclic amines) is 1. The van der Waals surface area contributed by atoms with Crippen LogP contribution in [0.1, 0.15) is 61.1 Å². The number of carbonyl (C=O) groups is 1. The molecule has 1 aromatic heterocycles. The van der Waals surface area contributed by atoms with E-state index in [-0.39, 0.29) is 19.1 Å². The Bertz CT molecular complexity index is 942. The molecule has 0 radical (unpaired) electrons. The van der Waals surface area contributed by atoms with E-state index in [1.54, 1.807) is 11.3 Å². The van der Waals surface area contributed by atoms with Gasteiger partial charge in [-0.25, -0.2) is 0 Å². The zero-order valence-corrected chi connectivity index (χ0v) is 22.5. The zero-order chi connectivity index (χ0) is 25.2. The van der Waals surface area contributed by atoms with Gasteiger partial charge in [0.05, 0.1) is 28.9 Å². The van der Waals surface area contributed by atoms with Gasteiger partial charge < -0.3 is 20.3 Å².